The van der Waals surface area contributed by atoms with Crippen LogP contribution in [-0.4, -0.2) is 17.2 Å². The summed E-state index contributed by atoms with van der Waals surface area (Å²) in [6.45, 7) is 1.75. The summed E-state index contributed by atoms with van der Waals surface area (Å²) in [5.41, 5.74) is 1.26. The summed E-state index contributed by atoms with van der Waals surface area (Å²) in [7, 11) is 0. The van der Waals surface area contributed by atoms with Gasteiger partial charge in [-0.05, 0) is 35.0 Å². The van der Waals surface area contributed by atoms with Gasteiger partial charge in [0.05, 0.1) is 27.9 Å². The lowest BCUT2D eigenvalue weighted by Crippen LogP contribution is -2.13. The van der Waals surface area contributed by atoms with Crippen LogP contribution in [-0.2, 0) is 15.7 Å². The van der Waals surface area contributed by atoms with Crippen molar-refractivity contribution in [3.63, 3.8) is 0 Å². The second-order valence-electron chi connectivity index (χ2n) is 3.55. The van der Waals surface area contributed by atoms with Gasteiger partial charge in [0.2, 0.25) is 4.62 Å². The van der Waals surface area contributed by atoms with Gasteiger partial charge in [0, 0.05) is 0 Å². The van der Waals surface area contributed by atoms with Crippen LogP contribution in [0.5, 0.6) is 0 Å². The zero-order chi connectivity index (χ0) is 16.2. The summed E-state index contributed by atoms with van der Waals surface area (Å²) in [6, 6.07) is 1.40. The molecule has 1 aromatic rings. The highest BCUT2D eigenvalue weighted by molar-refractivity contribution is 9.19. The Labute approximate surface area is 136 Å². The fourth-order valence-corrected chi connectivity index (χ4v) is 1.96. The van der Waals surface area contributed by atoms with E-state index in [4.69, 9.17) is 23.2 Å². The minimum atomic E-state index is -4.57. The molecule has 0 fully saturated rings. The third-order valence-corrected chi connectivity index (χ3v) is 3.18. The van der Waals surface area contributed by atoms with Gasteiger partial charge in [-0.1, -0.05) is 23.2 Å². The van der Waals surface area contributed by atoms with Crippen LogP contribution in [0.15, 0.2) is 17.2 Å². The van der Waals surface area contributed by atoms with Gasteiger partial charge < -0.3 is 4.74 Å². The van der Waals surface area contributed by atoms with Crippen LogP contribution in [0.4, 0.5) is 18.9 Å². The number of benzene rings is 1. The molecule has 0 saturated carbocycles. The number of hydrazone groups is 1. The molecule has 0 bridgehead atoms. The number of carbonyl (C=O) groups is 1. The average Bonchev–Trinajstić information content (AvgIpc) is 2.36. The molecule has 1 aromatic carbocycles. The number of rotatable bonds is 4. The third-order valence-electron chi connectivity index (χ3n) is 2.08. The van der Waals surface area contributed by atoms with Crippen molar-refractivity contribution in [2.24, 2.45) is 5.10 Å². The summed E-state index contributed by atoms with van der Waals surface area (Å²) in [6.07, 6.45) is -4.57. The maximum Gasteiger partial charge on any atom is 0.416 e. The predicted molar refractivity (Wildman–Crippen MR) is 78.1 cm³/mol. The second kappa shape index (κ2) is 7.33. The molecular formula is C11H8BrCl2F3N2O2. The molecule has 0 aliphatic rings. The maximum atomic E-state index is 12.6. The van der Waals surface area contributed by atoms with Crippen LogP contribution in [0.25, 0.3) is 0 Å². The van der Waals surface area contributed by atoms with Gasteiger partial charge in [-0.2, -0.15) is 18.3 Å². The van der Waals surface area contributed by atoms with Crippen LogP contribution in [0.2, 0.25) is 10.0 Å². The first kappa shape index (κ1) is 18.1. The zero-order valence-electron chi connectivity index (χ0n) is 10.4. The molecule has 0 saturated heterocycles. The number of hydrogen-bond acceptors (Lipinski definition) is 4. The Morgan fingerprint density at radius 2 is 1.90 bits per heavy atom. The summed E-state index contributed by atoms with van der Waals surface area (Å²) in [4.78, 5) is 11.3. The van der Waals surface area contributed by atoms with Gasteiger partial charge in [0.1, 0.15) is 0 Å². The number of halogens is 6. The topological polar surface area (TPSA) is 50.7 Å². The van der Waals surface area contributed by atoms with Gasteiger partial charge in [0.25, 0.3) is 0 Å². The van der Waals surface area contributed by atoms with Crippen molar-refractivity contribution in [2.75, 3.05) is 12.0 Å². The Morgan fingerprint density at radius 3 is 2.33 bits per heavy atom. The van der Waals surface area contributed by atoms with Gasteiger partial charge in [-0.3, -0.25) is 5.43 Å². The minimum absolute atomic E-state index is 0.0624. The number of alkyl halides is 3. The Balaban J connectivity index is 3.01. The Morgan fingerprint density at radius 1 is 1.38 bits per heavy atom. The number of nitrogens with one attached hydrogen (secondary N) is 1. The lowest BCUT2D eigenvalue weighted by Gasteiger charge is -2.11. The van der Waals surface area contributed by atoms with Crippen molar-refractivity contribution < 1.29 is 22.7 Å². The van der Waals surface area contributed by atoms with E-state index in [0.29, 0.717) is 12.1 Å². The molecule has 116 valence electrons. The van der Waals surface area contributed by atoms with E-state index in [9.17, 15) is 18.0 Å². The molecule has 0 atom stereocenters. The van der Waals surface area contributed by atoms with Crippen molar-refractivity contribution in [1.82, 2.24) is 0 Å². The van der Waals surface area contributed by atoms with E-state index in [2.05, 4.69) is 31.2 Å². The van der Waals surface area contributed by atoms with E-state index in [0.717, 1.165) is 0 Å². The van der Waals surface area contributed by atoms with E-state index < -0.39 is 17.7 Å². The van der Waals surface area contributed by atoms with E-state index in [1.807, 2.05) is 0 Å². The lowest BCUT2D eigenvalue weighted by molar-refractivity contribution is -0.137. The standard InChI is InChI=1S/C11H8BrCl2F3N2O2/c1-2-21-10(20)9(12)19-18-8-6(13)3-5(4-7(8)14)11(15,16)17/h3-4,18H,2H2,1H3. The van der Waals surface area contributed by atoms with Gasteiger partial charge >= 0.3 is 12.1 Å². The highest BCUT2D eigenvalue weighted by Gasteiger charge is 2.32. The van der Waals surface area contributed by atoms with Crippen molar-refractivity contribution in [2.45, 2.75) is 13.1 Å². The van der Waals surface area contributed by atoms with Crippen LogP contribution >= 0.6 is 39.1 Å². The van der Waals surface area contributed by atoms with E-state index in [-0.39, 0.29) is 27.0 Å². The predicted octanol–water partition coefficient (Wildman–Crippen LogP) is 4.70. The van der Waals surface area contributed by atoms with Crippen molar-refractivity contribution in [1.29, 1.82) is 0 Å². The van der Waals surface area contributed by atoms with Crippen molar-refractivity contribution in [3.05, 3.63) is 27.7 Å². The first-order valence-electron chi connectivity index (χ1n) is 5.39. The molecule has 0 radical (unpaired) electrons. The third kappa shape index (κ3) is 5.05. The van der Waals surface area contributed by atoms with Gasteiger partial charge in [0.15, 0.2) is 0 Å². The molecule has 0 heterocycles. The summed E-state index contributed by atoms with van der Waals surface area (Å²) in [5, 5.41) is 3.01. The number of hydrogen-bond donors (Lipinski definition) is 1. The molecule has 10 heteroatoms. The van der Waals surface area contributed by atoms with Crippen LogP contribution < -0.4 is 5.43 Å². The molecule has 0 unspecified atom stereocenters. The maximum absolute atomic E-state index is 12.6. The smallest absolute Gasteiger partial charge is 0.416 e. The summed E-state index contributed by atoms with van der Waals surface area (Å²) in [5.74, 6) is -0.746. The van der Waals surface area contributed by atoms with Gasteiger partial charge in [-0.25, -0.2) is 4.79 Å². The molecule has 0 aromatic heterocycles. The SMILES string of the molecule is CCOC(=O)C(Br)=NNc1c(Cl)cc(C(F)(F)F)cc1Cl. The molecule has 1 rings (SSSR count). The molecule has 0 aliphatic heterocycles. The fraction of sp³-hybridized carbons (Fsp3) is 0.273. The Hall–Kier alpha value is -0.990. The summed E-state index contributed by atoms with van der Waals surface area (Å²) >= 11 is 14.3. The molecule has 1 N–H and O–H groups in total. The van der Waals surface area contributed by atoms with Crippen LogP contribution in [0, 0.1) is 0 Å². The number of anilines is 1. The van der Waals surface area contributed by atoms with E-state index >= 15 is 0 Å². The van der Waals surface area contributed by atoms with Gasteiger partial charge in [-0.15, -0.1) is 0 Å². The molecule has 0 amide bonds. The largest absolute Gasteiger partial charge is 0.461 e. The zero-order valence-corrected chi connectivity index (χ0v) is 13.5. The quantitative estimate of drug-likeness (QED) is 0.447. The highest BCUT2D eigenvalue weighted by Crippen LogP contribution is 2.38. The lowest BCUT2D eigenvalue weighted by atomic mass is 10.2. The first-order chi connectivity index (χ1) is 9.66. The molecule has 4 nitrogen and oxygen atoms in total. The van der Waals surface area contributed by atoms with E-state index in [1.165, 1.54) is 0 Å². The Bertz CT molecular complexity index is 556. The summed E-state index contributed by atoms with van der Waals surface area (Å²) < 4.78 is 42.1. The van der Waals surface area contributed by atoms with Crippen LogP contribution in [0.3, 0.4) is 0 Å². The van der Waals surface area contributed by atoms with E-state index in [1.54, 1.807) is 6.92 Å². The average molecular weight is 408 g/mol. The first-order valence-corrected chi connectivity index (χ1v) is 6.94. The molecular weight excluding hydrogens is 400 g/mol. The number of carbonyl (C=O) groups excluding carboxylic acids is 1. The minimum Gasteiger partial charge on any atom is -0.461 e. The monoisotopic (exact) mass is 406 g/mol. The fourth-order valence-electron chi connectivity index (χ4n) is 1.18. The second-order valence-corrected chi connectivity index (χ2v) is 5.11. The normalized spacial score (nSPS) is 12.2. The van der Waals surface area contributed by atoms with Crippen molar-refractivity contribution >= 4 is 55.4 Å². The molecule has 0 aliphatic carbocycles. The number of esters is 1. The number of ether oxygens (including phenoxy) is 1. The Kier molecular flexibility index (Phi) is 6.30. The van der Waals surface area contributed by atoms with Crippen LogP contribution in [0.1, 0.15) is 12.5 Å². The highest BCUT2D eigenvalue weighted by atomic mass is 79.9. The number of nitrogens with zero attached hydrogens (tertiary/aromatic N) is 1. The molecule has 21 heavy (non-hydrogen) atoms. The van der Waals surface area contributed by atoms with Crippen molar-refractivity contribution in [3.8, 4) is 0 Å². The molecule has 0 spiro atoms.